The molecule has 2 amide bonds. The quantitative estimate of drug-likeness (QED) is 0.243. The molecule has 240 valence electrons. The second kappa shape index (κ2) is 11.7. The Bertz CT molecular complexity index is 1740. The zero-order valence-electron chi connectivity index (χ0n) is 26.3. The van der Waals surface area contributed by atoms with Crippen molar-refractivity contribution in [2.24, 2.45) is 5.92 Å². The molecule has 3 aliphatic rings. The number of aryl methyl sites for hydroxylation is 1. The van der Waals surface area contributed by atoms with Gasteiger partial charge in [0.15, 0.2) is 11.5 Å². The Morgan fingerprint density at radius 2 is 1.98 bits per heavy atom. The molecule has 0 N–H and O–H groups in total. The number of pyridine rings is 1. The molecule has 3 unspecified atom stereocenters. The number of benzene rings is 1. The van der Waals surface area contributed by atoms with Gasteiger partial charge in [0.05, 0.1) is 28.1 Å². The van der Waals surface area contributed by atoms with Crippen LogP contribution in [0.15, 0.2) is 21.6 Å². The first-order chi connectivity index (χ1) is 21.3. The Labute approximate surface area is 274 Å². The number of rotatable bonds is 6. The predicted octanol–water partition coefficient (Wildman–Crippen LogP) is 7.86. The number of carbonyl (C=O) groups is 2. The first-order valence-corrected chi connectivity index (χ1v) is 17.5. The lowest BCUT2D eigenvalue weighted by molar-refractivity contribution is -0.139. The molecule has 2 aliphatic heterocycles. The van der Waals surface area contributed by atoms with Gasteiger partial charge < -0.3 is 19.1 Å². The Balaban J connectivity index is 1.58. The van der Waals surface area contributed by atoms with Crippen molar-refractivity contribution in [1.82, 2.24) is 19.4 Å². The normalized spacial score (nSPS) is 22.8. The van der Waals surface area contributed by atoms with Crippen LogP contribution in [-0.4, -0.2) is 68.5 Å². The molecule has 8 nitrogen and oxygen atoms in total. The van der Waals surface area contributed by atoms with E-state index in [1.165, 1.54) is 11.8 Å². The van der Waals surface area contributed by atoms with E-state index in [0.717, 1.165) is 16.6 Å². The molecule has 3 atom stereocenters. The van der Waals surface area contributed by atoms with Crippen molar-refractivity contribution >= 4 is 61.5 Å². The lowest BCUT2D eigenvalue weighted by Crippen LogP contribution is -2.39. The van der Waals surface area contributed by atoms with Gasteiger partial charge in [-0.15, -0.1) is 11.8 Å². The monoisotopic (exact) mass is 701 g/mol. The van der Waals surface area contributed by atoms with Crippen LogP contribution < -0.4 is 0 Å². The van der Waals surface area contributed by atoms with Crippen LogP contribution in [0.2, 0.25) is 0 Å². The van der Waals surface area contributed by atoms with Gasteiger partial charge in [-0.3, -0.25) is 4.79 Å². The van der Waals surface area contributed by atoms with Crippen molar-refractivity contribution in [1.29, 1.82) is 5.26 Å². The van der Waals surface area contributed by atoms with E-state index >= 15 is 8.78 Å². The number of alkyl halides is 1. The van der Waals surface area contributed by atoms with E-state index < -0.39 is 29.1 Å². The summed E-state index contributed by atoms with van der Waals surface area (Å²) in [7, 11) is 0. The van der Waals surface area contributed by atoms with Gasteiger partial charge >= 0.3 is 6.09 Å². The second-order valence-electron chi connectivity index (χ2n) is 13.7. The van der Waals surface area contributed by atoms with Crippen molar-refractivity contribution in [3.63, 3.8) is 0 Å². The molecule has 2 saturated heterocycles. The van der Waals surface area contributed by atoms with Crippen LogP contribution in [0.3, 0.4) is 0 Å². The highest BCUT2D eigenvalue weighted by atomic mass is 79.9. The minimum absolute atomic E-state index is 0.162. The second-order valence-corrected chi connectivity index (χ2v) is 15.3. The number of carbonyl (C=O) groups excluding carboxylic acids is 2. The van der Waals surface area contributed by atoms with Crippen LogP contribution >= 0.6 is 27.7 Å². The first kappa shape index (κ1) is 32.0. The van der Waals surface area contributed by atoms with Gasteiger partial charge in [0.1, 0.15) is 16.1 Å². The number of halogens is 3. The minimum atomic E-state index is -1.80. The number of thioether (sulfide) groups is 1. The van der Waals surface area contributed by atoms with Gasteiger partial charge in [-0.05, 0) is 98.7 Å². The Kier molecular flexibility index (Phi) is 8.34. The highest BCUT2D eigenvalue weighted by molar-refractivity contribution is 9.10. The van der Waals surface area contributed by atoms with Crippen LogP contribution in [0.1, 0.15) is 83.1 Å². The third-order valence-electron chi connectivity index (χ3n) is 9.09. The number of nitriles is 1. The van der Waals surface area contributed by atoms with Gasteiger partial charge in [0.2, 0.25) is 0 Å². The zero-order valence-corrected chi connectivity index (χ0v) is 28.7. The van der Waals surface area contributed by atoms with E-state index in [1.54, 1.807) is 9.80 Å². The molecule has 1 aromatic carbocycles. The molecule has 45 heavy (non-hydrogen) atoms. The van der Waals surface area contributed by atoms with Gasteiger partial charge in [-0.2, -0.15) is 5.26 Å². The molecule has 6 rings (SSSR count). The average Bonchev–Trinajstić information content (AvgIpc) is 3.33. The van der Waals surface area contributed by atoms with Gasteiger partial charge in [0, 0.05) is 42.5 Å². The van der Waals surface area contributed by atoms with Gasteiger partial charge in [0.25, 0.3) is 5.91 Å². The number of likely N-dealkylation sites (tertiary alicyclic amines) is 2. The number of nitrogens with zero attached hydrogens (tertiary/aromatic N) is 5. The van der Waals surface area contributed by atoms with E-state index in [-0.39, 0.29) is 42.8 Å². The predicted molar refractivity (Wildman–Crippen MR) is 173 cm³/mol. The van der Waals surface area contributed by atoms with Crippen LogP contribution in [0, 0.1) is 23.1 Å². The van der Waals surface area contributed by atoms with Crippen LogP contribution in [0.25, 0.3) is 21.8 Å². The summed E-state index contributed by atoms with van der Waals surface area (Å²) < 4.78 is 39.5. The maximum atomic E-state index is 16.1. The lowest BCUT2D eigenvalue weighted by Gasteiger charge is -2.29. The molecule has 0 bridgehead atoms. The third kappa shape index (κ3) is 5.79. The molecule has 1 saturated carbocycles. The fourth-order valence-electron chi connectivity index (χ4n) is 6.86. The number of hydrogen-bond donors (Lipinski definition) is 0. The highest BCUT2D eigenvalue weighted by Crippen LogP contribution is 2.49. The fraction of sp³-hybridized carbons (Fsp3) is 0.576. The van der Waals surface area contributed by atoms with E-state index in [4.69, 9.17) is 9.72 Å². The van der Waals surface area contributed by atoms with Crippen molar-refractivity contribution in [2.75, 3.05) is 25.9 Å². The summed E-state index contributed by atoms with van der Waals surface area (Å²) >= 11 is 4.82. The molecule has 3 fully saturated rings. The average molecular weight is 703 g/mol. The van der Waals surface area contributed by atoms with Gasteiger partial charge in [-0.1, -0.05) is 6.92 Å². The summed E-state index contributed by atoms with van der Waals surface area (Å²) in [6, 6.07) is 5.51. The molecule has 0 radical (unpaired) electrons. The molecule has 3 aromatic rings. The topological polar surface area (TPSA) is 91.5 Å². The molecule has 2 aromatic heterocycles. The molecule has 0 spiro atoms. The number of ether oxygens (including phenoxy) is 1. The maximum Gasteiger partial charge on any atom is 0.410 e. The summed E-state index contributed by atoms with van der Waals surface area (Å²) in [5.41, 5.74) is 0.0383. The summed E-state index contributed by atoms with van der Waals surface area (Å²) in [4.78, 5) is 34.8. The van der Waals surface area contributed by atoms with E-state index in [2.05, 4.69) is 33.5 Å². The van der Waals surface area contributed by atoms with Crippen molar-refractivity contribution in [2.45, 2.75) is 94.6 Å². The maximum absolute atomic E-state index is 16.1. The van der Waals surface area contributed by atoms with Crippen LogP contribution in [-0.2, 0) is 16.0 Å². The smallest absolute Gasteiger partial charge is 0.410 e. The van der Waals surface area contributed by atoms with E-state index in [1.807, 2.05) is 39.2 Å². The molecule has 12 heteroatoms. The molecular formula is C33H38BrF2N5O3S. The van der Waals surface area contributed by atoms with E-state index in [0.29, 0.717) is 59.3 Å². The number of aromatic nitrogens is 2. The number of fused-ring (bicyclic) bond motifs is 3. The highest BCUT2D eigenvalue weighted by Gasteiger charge is 2.55. The Morgan fingerprint density at radius 1 is 1.24 bits per heavy atom. The summed E-state index contributed by atoms with van der Waals surface area (Å²) in [5.74, 6) is -0.791. The molecular weight excluding hydrogens is 664 g/mol. The van der Waals surface area contributed by atoms with Crippen molar-refractivity contribution < 1.29 is 23.1 Å². The van der Waals surface area contributed by atoms with Crippen molar-refractivity contribution in [3.8, 4) is 6.07 Å². The van der Waals surface area contributed by atoms with Gasteiger partial charge in [-0.25, -0.2) is 18.6 Å². The van der Waals surface area contributed by atoms with Crippen LogP contribution in [0.5, 0.6) is 0 Å². The number of amides is 2. The Morgan fingerprint density at radius 3 is 2.62 bits per heavy atom. The summed E-state index contributed by atoms with van der Waals surface area (Å²) in [6.07, 6.45) is 3.85. The lowest BCUT2D eigenvalue weighted by atomic mass is 10.0. The third-order valence-corrected chi connectivity index (χ3v) is 10.6. The van der Waals surface area contributed by atoms with Crippen LogP contribution in [0.4, 0.5) is 13.6 Å². The fourth-order valence-corrected chi connectivity index (χ4v) is 7.92. The number of hydrogen-bond acceptors (Lipinski definition) is 6. The zero-order chi connectivity index (χ0) is 32.4. The SMILES string of the molecule is CSc1nc2c(F)c(Br)c(CCC#N)cc2c2c1cc(C1CC(C)CN1C(=O)C1(F)CC1)n2C1CCN(C(=O)OC(C)(C)C)C1. The minimum Gasteiger partial charge on any atom is -0.444 e. The summed E-state index contributed by atoms with van der Waals surface area (Å²) in [5, 5.41) is 11.3. The van der Waals surface area contributed by atoms with Crippen molar-refractivity contribution in [3.05, 3.63) is 33.7 Å². The first-order valence-electron chi connectivity index (χ1n) is 15.5. The largest absolute Gasteiger partial charge is 0.444 e. The molecule has 1 aliphatic carbocycles. The standard InChI is InChI=1S/C33H38BrF2N5O3S/c1-18-13-23(40(16-18)30(42)33(36)9-10-33)24-15-22-28(41(24)20-8-12-39(17-20)31(43)44-32(2,3)4)21-14-19(7-6-11-37)25(34)26(35)27(21)38-29(22)45-5/h14-15,18,20,23H,6-10,12-13,16-17H2,1-5H3. The Hall–Kier alpha value is -2.91. The summed E-state index contributed by atoms with van der Waals surface area (Å²) in [6.45, 7) is 8.87. The van der Waals surface area contributed by atoms with E-state index in [9.17, 15) is 14.9 Å². The molecule has 4 heterocycles.